The van der Waals surface area contributed by atoms with Crippen LogP contribution < -0.4 is 5.32 Å². The maximum Gasteiger partial charge on any atom is 0.269 e. The van der Waals surface area contributed by atoms with E-state index in [2.05, 4.69) is 20.4 Å². The molecule has 1 aromatic heterocycles. The third-order valence-corrected chi connectivity index (χ3v) is 7.48. The topological polar surface area (TPSA) is 114 Å². The van der Waals surface area contributed by atoms with E-state index in [4.69, 9.17) is 4.84 Å². The number of amides is 1. The number of nitrogens with zero attached hydrogens (tertiary/aromatic N) is 4. The lowest BCUT2D eigenvalue weighted by atomic mass is 9.96. The molecule has 0 bridgehead atoms. The normalized spacial score (nSPS) is 21.2. The summed E-state index contributed by atoms with van der Waals surface area (Å²) in [5.41, 5.74) is 1.98. The van der Waals surface area contributed by atoms with Crippen LogP contribution in [0.5, 0.6) is 0 Å². The summed E-state index contributed by atoms with van der Waals surface area (Å²) in [7, 11) is -3.63. The molecule has 2 aliphatic rings. The minimum Gasteiger partial charge on any atom is -0.387 e. The summed E-state index contributed by atoms with van der Waals surface area (Å²) in [6.07, 6.45) is 4.83. The van der Waals surface area contributed by atoms with Gasteiger partial charge in [-0.25, -0.2) is 8.42 Å². The molecular formula is C21H25N5O4S. The summed E-state index contributed by atoms with van der Waals surface area (Å²) in [4.78, 5) is 26.7. The highest BCUT2D eigenvalue weighted by Gasteiger charge is 2.49. The smallest absolute Gasteiger partial charge is 0.269 e. The second-order valence-corrected chi connectivity index (χ2v) is 9.84. The average Bonchev–Trinajstić information content (AvgIpc) is 3.40. The number of aryl methyl sites for hydroxylation is 2. The quantitative estimate of drug-likeness (QED) is 0.725. The summed E-state index contributed by atoms with van der Waals surface area (Å²) >= 11 is 0. The zero-order valence-electron chi connectivity index (χ0n) is 17.5. The molecule has 1 aromatic carbocycles. The third-order valence-electron chi connectivity index (χ3n) is 5.62. The van der Waals surface area contributed by atoms with Gasteiger partial charge in [0.05, 0.1) is 35.6 Å². The molecule has 4 rings (SSSR count). The van der Waals surface area contributed by atoms with Gasteiger partial charge < -0.3 is 10.2 Å². The number of hydrogen-bond acceptors (Lipinski definition) is 7. The summed E-state index contributed by atoms with van der Waals surface area (Å²) < 4.78 is 27.4. The molecule has 31 heavy (non-hydrogen) atoms. The molecule has 1 amide bonds. The maximum absolute atomic E-state index is 13.0. The molecule has 2 aliphatic heterocycles. The van der Waals surface area contributed by atoms with Gasteiger partial charge in [-0.15, -0.1) is 0 Å². The van der Waals surface area contributed by atoms with Gasteiger partial charge in [0.2, 0.25) is 10.0 Å². The average molecular weight is 444 g/mol. The van der Waals surface area contributed by atoms with Gasteiger partial charge >= 0.3 is 0 Å². The monoisotopic (exact) mass is 443 g/mol. The van der Waals surface area contributed by atoms with Crippen LogP contribution in [0.3, 0.4) is 0 Å². The van der Waals surface area contributed by atoms with Crippen LogP contribution in [-0.4, -0.2) is 53.0 Å². The Balaban J connectivity index is 1.36. The Kier molecular flexibility index (Phi) is 5.76. The highest BCUT2D eigenvalue weighted by atomic mass is 32.2. The molecule has 9 nitrogen and oxygen atoms in total. The number of sulfonamides is 1. The Bertz CT molecular complexity index is 1100. The lowest BCUT2D eigenvalue weighted by Crippen LogP contribution is -2.38. The number of carbonyl (C=O) groups excluding carboxylic acids is 1. The van der Waals surface area contributed by atoms with E-state index in [1.807, 2.05) is 26.0 Å². The lowest BCUT2D eigenvalue weighted by Gasteiger charge is -2.21. The van der Waals surface area contributed by atoms with Gasteiger partial charge in [0.25, 0.3) is 5.91 Å². The number of hydrogen-bond donors (Lipinski definition) is 1. The Hall–Kier alpha value is -2.85. The first-order valence-corrected chi connectivity index (χ1v) is 11.7. The van der Waals surface area contributed by atoms with Crippen molar-refractivity contribution >= 4 is 21.6 Å². The fourth-order valence-corrected chi connectivity index (χ4v) is 5.22. The van der Waals surface area contributed by atoms with Gasteiger partial charge in [-0.05, 0) is 31.0 Å². The van der Waals surface area contributed by atoms with Gasteiger partial charge in [0.15, 0.2) is 5.60 Å². The van der Waals surface area contributed by atoms with Crippen LogP contribution in [0.2, 0.25) is 0 Å². The zero-order valence-corrected chi connectivity index (χ0v) is 18.4. The van der Waals surface area contributed by atoms with Crippen molar-refractivity contribution in [3.05, 3.63) is 53.6 Å². The SMILES string of the molecule is CCc1ccc(S(=O)(=O)N2CC[C@]3(CC(C(=O)NCc4cnc(C)cn4)=NO3)C2)cc1. The number of oxime groups is 1. The number of aromatic nitrogens is 2. The molecule has 164 valence electrons. The van der Waals surface area contributed by atoms with E-state index in [1.54, 1.807) is 24.5 Å². The van der Waals surface area contributed by atoms with E-state index in [9.17, 15) is 13.2 Å². The molecule has 1 fully saturated rings. The lowest BCUT2D eigenvalue weighted by molar-refractivity contribution is -0.115. The summed E-state index contributed by atoms with van der Waals surface area (Å²) in [6, 6.07) is 6.93. The van der Waals surface area contributed by atoms with Crippen LogP contribution in [-0.2, 0) is 32.6 Å². The van der Waals surface area contributed by atoms with E-state index in [1.165, 1.54) is 4.31 Å². The molecule has 1 atom stereocenters. The highest BCUT2D eigenvalue weighted by molar-refractivity contribution is 7.89. The fraction of sp³-hybridized carbons (Fsp3) is 0.429. The number of benzene rings is 1. The van der Waals surface area contributed by atoms with E-state index in [-0.39, 0.29) is 36.0 Å². The van der Waals surface area contributed by atoms with E-state index < -0.39 is 15.6 Å². The largest absolute Gasteiger partial charge is 0.387 e. The molecule has 0 radical (unpaired) electrons. The number of carbonyl (C=O) groups is 1. The Morgan fingerprint density at radius 2 is 2.00 bits per heavy atom. The van der Waals surface area contributed by atoms with Crippen molar-refractivity contribution in [2.45, 2.75) is 50.2 Å². The van der Waals surface area contributed by atoms with Crippen molar-refractivity contribution in [3.8, 4) is 0 Å². The highest BCUT2D eigenvalue weighted by Crippen LogP contribution is 2.36. The van der Waals surface area contributed by atoms with E-state index in [0.29, 0.717) is 18.7 Å². The van der Waals surface area contributed by atoms with Gasteiger partial charge in [0.1, 0.15) is 5.71 Å². The summed E-state index contributed by atoms with van der Waals surface area (Å²) in [6.45, 7) is 4.57. The van der Waals surface area contributed by atoms with Crippen molar-refractivity contribution in [3.63, 3.8) is 0 Å². The molecule has 2 aromatic rings. The predicted octanol–water partition coefficient (Wildman–Crippen LogP) is 1.57. The first-order valence-electron chi connectivity index (χ1n) is 10.2. The molecule has 3 heterocycles. The second-order valence-electron chi connectivity index (χ2n) is 7.91. The molecule has 0 saturated carbocycles. The molecular weight excluding hydrogens is 418 g/mol. The standard InChI is InChI=1S/C21H25N5O4S/c1-3-16-4-6-18(7-5-16)31(28,29)26-9-8-21(14-26)10-19(25-30-21)20(27)24-13-17-12-22-15(2)11-23-17/h4-7,11-12H,3,8-10,13-14H2,1-2H3,(H,24,27)/t21-/m0/s1. The van der Waals surface area contributed by atoms with Crippen molar-refractivity contribution in [1.29, 1.82) is 0 Å². The van der Waals surface area contributed by atoms with Gasteiger partial charge in [-0.3, -0.25) is 14.8 Å². The Morgan fingerprint density at radius 3 is 2.68 bits per heavy atom. The molecule has 0 unspecified atom stereocenters. The zero-order chi connectivity index (χ0) is 22.1. The molecule has 1 spiro atoms. The number of rotatable bonds is 6. The van der Waals surface area contributed by atoms with Crippen LogP contribution in [0, 0.1) is 6.92 Å². The summed E-state index contributed by atoms with van der Waals surface area (Å²) in [5, 5.41) is 6.72. The van der Waals surface area contributed by atoms with Crippen LogP contribution in [0.4, 0.5) is 0 Å². The predicted molar refractivity (Wildman–Crippen MR) is 114 cm³/mol. The molecule has 1 saturated heterocycles. The first kappa shape index (κ1) is 21.4. The van der Waals surface area contributed by atoms with Crippen LogP contribution >= 0.6 is 0 Å². The molecule has 0 aliphatic carbocycles. The molecule has 10 heteroatoms. The summed E-state index contributed by atoms with van der Waals surface area (Å²) in [5.74, 6) is -0.351. The van der Waals surface area contributed by atoms with Crippen molar-refractivity contribution in [2.24, 2.45) is 5.16 Å². The minimum absolute atomic E-state index is 0.161. The second kappa shape index (κ2) is 8.35. The first-order chi connectivity index (χ1) is 14.8. The van der Waals surface area contributed by atoms with Crippen LogP contribution in [0.1, 0.15) is 36.7 Å². The van der Waals surface area contributed by atoms with Crippen LogP contribution in [0.25, 0.3) is 0 Å². The van der Waals surface area contributed by atoms with Gasteiger partial charge in [-0.2, -0.15) is 4.31 Å². The van der Waals surface area contributed by atoms with Gasteiger partial charge in [0, 0.05) is 25.6 Å². The van der Waals surface area contributed by atoms with E-state index >= 15 is 0 Å². The van der Waals surface area contributed by atoms with Crippen molar-refractivity contribution in [2.75, 3.05) is 13.1 Å². The van der Waals surface area contributed by atoms with Gasteiger partial charge in [-0.1, -0.05) is 24.2 Å². The minimum atomic E-state index is -3.63. The van der Waals surface area contributed by atoms with Crippen molar-refractivity contribution < 1.29 is 18.0 Å². The Labute approximate surface area is 181 Å². The maximum atomic E-state index is 13.0. The van der Waals surface area contributed by atoms with Crippen LogP contribution in [0.15, 0.2) is 46.7 Å². The number of nitrogens with one attached hydrogen (secondary N) is 1. The van der Waals surface area contributed by atoms with E-state index in [0.717, 1.165) is 17.7 Å². The third kappa shape index (κ3) is 4.45. The van der Waals surface area contributed by atoms with Crippen molar-refractivity contribution in [1.82, 2.24) is 19.6 Å². The fourth-order valence-electron chi connectivity index (χ4n) is 3.70. The Morgan fingerprint density at radius 1 is 1.23 bits per heavy atom. The molecule has 1 N–H and O–H groups in total.